The highest BCUT2D eigenvalue weighted by Crippen LogP contribution is 2.19. The van der Waals surface area contributed by atoms with Gasteiger partial charge in [-0.25, -0.2) is 9.48 Å². The molecule has 1 aromatic carbocycles. The summed E-state index contributed by atoms with van der Waals surface area (Å²) in [5.74, 6) is -1.13. The van der Waals surface area contributed by atoms with Crippen LogP contribution in [0.2, 0.25) is 0 Å². The van der Waals surface area contributed by atoms with Crippen LogP contribution in [0.3, 0.4) is 0 Å². The molecule has 0 saturated heterocycles. The zero-order valence-electron chi connectivity index (χ0n) is 8.44. The number of carboxylic acid groups (broad SMARTS) is 1. The van der Waals surface area contributed by atoms with Crippen LogP contribution in [0.1, 0.15) is 10.4 Å². The standard InChI is InChI=1S/C9H7N5O3/c15-5-10-8-3-6(14-4-11-12-13-14)1-2-7(8)9(16)17/h1-5H,(H,10,15)(H,16,17). The third-order valence-electron chi connectivity index (χ3n) is 2.06. The van der Waals surface area contributed by atoms with Crippen molar-refractivity contribution in [1.29, 1.82) is 0 Å². The van der Waals surface area contributed by atoms with Crippen LogP contribution in [0, 0.1) is 0 Å². The molecule has 0 saturated carbocycles. The Kier molecular flexibility index (Phi) is 2.77. The van der Waals surface area contributed by atoms with E-state index in [0.29, 0.717) is 12.1 Å². The average molecular weight is 233 g/mol. The summed E-state index contributed by atoms with van der Waals surface area (Å²) in [5, 5.41) is 21.8. The Balaban J connectivity index is 2.49. The van der Waals surface area contributed by atoms with Crippen LogP contribution >= 0.6 is 0 Å². The maximum Gasteiger partial charge on any atom is 0.337 e. The number of tetrazole rings is 1. The predicted molar refractivity (Wildman–Crippen MR) is 55.8 cm³/mol. The Morgan fingerprint density at radius 3 is 2.88 bits per heavy atom. The molecule has 0 bridgehead atoms. The van der Waals surface area contributed by atoms with Crippen molar-refractivity contribution in [2.24, 2.45) is 0 Å². The highest BCUT2D eigenvalue weighted by Gasteiger charge is 2.11. The molecule has 0 fully saturated rings. The maximum absolute atomic E-state index is 10.9. The van der Waals surface area contributed by atoms with Gasteiger partial charge in [0.25, 0.3) is 0 Å². The number of rotatable bonds is 4. The molecule has 0 atom stereocenters. The van der Waals surface area contributed by atoms with Crippen molar-refractivity contribution in [1.82, 2.24) is 20.2 Å². The fraction of sp³-hybridized carbons (Fsp3) is 0. The molecule has 2 aromatic rings. The van der Waals surface area contributed by atoms with E-state index in [-0.39, 0.29) is 11.3 Å². The monoisotopic (exact) mass is 233 g/mol. The van der Waals surface area contributed by atoms with Gasteiger partial charge in [0.1, 0.15) is 6.33 Å². The number of amides is 1. The van der Waals surface area contributed by atoms with Gasteiger partial charge in [-0.15, -0.1) is 5.10 Å². The number of carbonyl (C=O) groups excluding carboxylic acids is 1. The van der Waals surface area contributed by atoms with Gasteiger partial charge < -0.3 is 10.4 Å². The van der Waals surface area contributed by atoms with Crippen LogP contribution in [0.4, 0.5) is 5.69 Å². The molecule has 2 rings (SSSR count). The smallest absolute Gasteiger partial charge is 0.337 e. The number of hydrogen-bond donors (Lipinski definition) is 2. The number of anilines is 1. The second-order valence-electron chi connectivity index (χ2n) is 3.05. The van der Waals surface area contributed by atoms with Gasteiger partial charge in [0.15, 0.2) is 0 Å². The van der Waals surface area contributed by atoms with Gasteiger partial charge in [0.2, 0.25) is 6.41 Å². The second-order valence-corrected chi connectivity index (χ2v) is 3.05. The minimum Gasteiger partial charge on any atom is -0.478 e. The van der Waals surface area contributed by atoms with Gasteiger partial charge >= 0.3 is 5.97 Å². The van der Waals surface area contributed by atoms with Crippen LogP contribution in [0.15, 0.2) is 24.5 Å². The Morgan fingerprint density at radius 1 is 1.47 bits per heavy atom. The summed E-state index contributed by atoms with van der Waals surface area (Å²) in [6.45, 7) is 0. The molecule has 8 heteroatoms. The summed E-state index contributed by atoms with van der Waals surface area (Å²) < 4.78 is 1.35. The minimum atomic E-state index is -1.13. The minimum absolute atomic E-state index is 0.00563. The van der Waals surface area contributed by atoms with Gasteiger partial charge in [-0.2, -0.15) is 0 Å². The summed E-state index contributed by atoms with van der Waals surface area (Å²) in [6, 6.07) is 4.37. The lowest BCUT2D eigenvalue weighted by Crippen LogP contribution is -2.06. The molecule has 2 N–H and O–H groups in total. The third-order valence-corrected chi connectivity index (χ3v) is 2.06. The normalized spacial score (nSPS) is 9.88. The highest BCUT2D eigenvalue weighted by atomic mass is 16.4. The summed E-state index contributed by atoms with van der Waals surface area (Å²) in [5.41, 5.74) is 0.721. The molecular weight excluding hydrogens is 226 g/mol. The molecule has 8 nitrogen and oxygen atoms in total. The fourth-order valence-corrected chi connectivity index (χ4v) is 1.32. The van der Waals surface area contributed by atoms with Crippen LogP contribution in [0.25, 0.3) is 5.69 Å². The predicted octanol–water partition coefficient (Wildman–Crippen LogP) is -0.0712. The molecule has 0 aliphatic heterocycles. The SMILES string of the molecule is O=CNc1cc(-n2cnnn2)ccc1C(=O)O. The first kappa shape index (κ1) is 10.7. The lowest BCUT2D eigenvalue weighted by atomic mass is 10.1. The van der Waals surface area contributed by atoms with E-state index in [9.17, 15) is 9.59 Å². The van der Waals surface area contributed by atoms with Crippen molar-refractivity contribution in [2.45, 2.75) is 0 Å². The first-order chi connectivity index (χ1) is 8.22. The number of carboxylic acids is 1. The first-order valence-corrected chi connectivity index (χ1v) is 4.53. The van der Waals surface area contributed by atoms with Crippen molar-refractivity contribution >= 4 is 18.1 Å². The molecule has 17 heavy (non-hydrogen) atoms. The Labute approximate surface area is 94.9 Å². The van der Waals surface area contributed by atoms with E-state index in [1.807, 2.05) is 0 Å². The molecule has 0 spiro atoms. The maximum atomic E-state index is 10.9. The Hall–Kier alpha value is -2.77. The zero-order chi connectivity index (χ0) is 12.3. The molecular formula is C9H7N5O3. The largest absolute Gasteiger partial charge is 0.478 e. The molecule has 0 aliphatic rings. The summed E-state index contributed by atoms with van der Waals surface area (Å²) >= 11 is 0. The Bertz CT molecular complexity index is 552. The molecule has 0 radical (unpaired) electrons. The first-order valence-electron chi connectivity index (χ1n) is 4.53. The van der Waals surface area contributed by atoms with Gasteiger partial charge in [-0.05, 0) is 28.6 Å². The molecule has 0 aliphatic carbocycles. The van der Waals surface area contributed by atoms with E-state index < -0.39 is 5.97 Å². The molecule has 0 unspecified atom stereocenters. The number of carbonyl (C=O) groups is 2. The van der Waals surface area contributed by atoms with Gasteiger partial charge in [0, 0.05) is 0 Å². The van der Waals surface area contributed by atoms with Crippen molar-refractivity contribution in [3.05, 3.63) is 30.1 Å². The van der Waals surface area contributed by atoms with E-state index in [1.165, 1.54) is 29.2 Å². The molecule has 1 amide bonds. The number of hydrogen-bond acceptors (Lipinski definition) is 5. The number of nitrogens with zero attached hydrogens (tertiary/aromatic N) is 4. The zero-order valence-corrected chi connectivity index (χ0v) is 8.44. The van der Waals surface area contributed by atoms with Gasteiger partial charge in [0.05, 0.1) is 16.9 Å². The van der Waals surface area contributed by atoms with Crippen molar-refractivity contribution in [3.8, 4) is 5.69 Å². The van der Waals surface area contributed by atoms with Crippen molar-refractivity contribution < 1.29 is 14.7 Å². The average Bonchev–Trinajstić information content (AvgIpc) is 2.82. The second kappa shape index (κ2) is 4.39. The molecule has 86 valence electrons. The topological polar surface area (TPSA) is 110 Å². The van der Waals surface area contributed by atoms with Crippen molar-refractivity contribution in [2.75, 3.05) is 5.32 Å². The van der Waals surface area contributed by atoms with E-state index in [0.717, 1.165) is 0 Å². The number of aromatic carboxylic acids is 1. The van der Waals surface area contributed by atoms with Gasteiger partial charge in [-0.3, -0.25) is 4.79 Å². The van der Waals surface area contributed by atoms with Crippen LogP contribution in [-0.2, 0) is 4.79 Å². The summed E-state index contributed by atoms with van der Waals surface area (Å²) in [6.07, 6.45) is 1.77. The van der Waals surface area contributed by atoms with E-state index >= 15 is 0 Å². The Morgan fingerprint density at radius 2 is 2.29 bits per heavy atom. The number of nitrogens with one attached hydrogen (secondary N) is 1. The van der Waals surface area contributed by atoms with E-state index in [4.69, 9.17) is 5.11 Å². The van der Waals surface area contributed by atoms with E-state index in [2.05, 4.69) is 20.8 Å². The summed E-state index contributed by atoms with van der Waals surface area (Å²) in [4.78, 5) is 21.3. The lowest BCUT2D eigenvalue weighted by Gasteiger charge is -2.06. The quantitative estimate of drug-likeness (QED) is 0.715. The summed E-state index contributed by atoms with van der Waals surface area (Å²) in [7, 11) is 0. The van der Waals surface area contributed by atoms with E-state index in [1.54, 1.807) is 0 Å². The van der Waals surface area contributed by atoms with Crippen LogP contribution < -0.4 is 5.32 Å². The van der Waals surface area contributed by atoms with Gasteiger partial charge in [-0.1, -0.05) is 0 Å². The number of aromatic nitrogens is 4. The molecule has 1 heterocycles. The highest BCUT2D eigenvalue weighted by molar-refractivity contribution is 5.97. The van der Waals surface area contributed by atoms with Crippen LogP contribution in [0.5, 0.6) is 0 Å². The molecule has 1 aromatic heterocycles. The number of benzene rings is 1. The fourth-order valence-electron chi connectivity index (χ4n) is 1.32. The lowest BCUT2D eigenvalue weighted by molar-refractivity contribution is -0.105. The van der Waals surface area contributed by atoms with Crippen LogP contribution in [-0.4, -0.2) is 37.7 Å². The third kappa shape index (κ3) is 2.09. The van der Waals surface area contributed by atoms with Crippen molar-refractivity contribution in [3.63, 3.8) is 0 Å².